The Morgan fingerprint density at radius 1 is 0.926 bits per heavy atom. The molecule has 0 unspecified atom stereocenters. The molecule has 3 rings (SSSR count). The van der Waals surface area contributed by atoms with Crippen LogP contribution in [0.3, 0.4) is 0 Å². The number of rotatable bonds is 6. The molecule has 1 fully saturated rings. The van der Waals surface area contributed by atoms with E-state index in [-0.39, 0.29) is 4.90 Å². The van der Waals surface area contributed by atoms with Crippen LogP contribution in [0.4, 0.5) is 11.4 Å². The van der Waals surface area contributed by atoms with Gasteiger partial charge in [-0.05, 0) is 61.4 Å². The maximum absolute atomic E-state index is 12.3. The minimum absolute atomic E-state index is 0.0779. The summed E-state index contributed by atoms with van der Waals surface area (Å²) in [6, 6.07) is 13.6. The molecule has 1 saturated carbocycles. The van der Waals surface area contributed by atoms with Crippen LogP contribution in [0.1, 0.15) is 32.1 Å². The summed E-state index contributed by atoms with van der Waals surface area (Å²) < 4.78 is 24.6. The fourth-order valence-corrected chi connectivity index (χ4v) is 4.49. The van der Waals surface area contributed by atoms with E-state index in [1.54, 1.807) is 12.1 Å². The number of nitrogens with one attached hydrogen (secondary N) is 2. The van der Waals surface area contributed by atoms with Crippen LogP contribution in [-0.4, -0.2) is 26.1 Å². The topological polar surface area (TPSA) is 75.3 Å². The Labute approximate surface area is 165 Å². The number of carbonyl (C=O) groups is 1. The van der Waals surface area contributed by atoms with Gasteiger partial charge in [0.15, 0.2) is 9.84 Å². The summed E-state index contributed by atoms with van der Waals surface area (Å²) in [6.07, 6.45) is 6.19. The van der Waals surface area contributed by atoms with Gasteiger partial charge in [-0.2, -0.15) is 0 Å². The van der Waals surface area contributed by atoms with Gasteiger partial charge in [-0.15, -0.1) is 0 Å². The van der Waals surface area contributed by atoms with E-state index in [4.69, 9.17) is 11.6 Å². The van der Waals surface area contributed by atoms with Crippen LogP contribution in [0.2, 0.25) is 5.02 Å². The lowest BCUT2D eigenvalue weighted by molar-refractivity contribution is -0.113. The van der Waals surface area contributed by atoms with Crippen molar-refractivity contribution in [1.29, 1.82) is 0 Å². The van der Waals surface area contributed by atoms with Crippen molar-refractivity contribution < 1.29 is 13.2 Å². The maximum atomic E-state index is 12.3. The number of sulfone groups is 1. The summed E-state index contributed by atoms with van der Waals surface area (Å²) in [6.45, 7) is 0. The molecule has 1 aliphatic carbocycles. The minimum Gasteiger partial charge on any atom is -0.382 e. The molecule has 0 spiro atoms. The molecule has 5 nitrogen and oxygen atoms in total. The number of amides is 1. The highest BCUT2D eigenvalue weighted by Gasteiger charge is 2.19. The van der Waals surface area contributed by atoms with Crippen molar-refractivity contribution in [2.75, 3.05) is 16.4 Å². The zero-order chi connectivity index (χ0) is 19.3. The first kappa shape index (κ1) is 19.7. The second-order valence-electron chi connectivity index (χ2n) is 6.82. The van der Waals surface area contributed by atoms with E-state index in [2.05, 4.69) is 10.6 Å². The van der Waals surface area contributed by atoms with Crippen LogP contribution >= 0.6 is 11.6 Å². The average molecular weight is 407 g/mol. The summed E-state index contributed by atoms with van der Waals surface area (Å²) in [4.78, 5) is 12.2. The van der Waals surface area contributed by atoms with E-state index >= 15 is 0 Å². The van der Waals surface area contributed by atoms with E-state index < -0.39 is 21.5 Å². The highest BCUT2D eigenvalue weighted by atomic mass is 35.5. The standard InChI is InChI=1S/C20H23ClN2O3S/c21-15-6-12-19(13-7-15)27(25,26)14-20(24)23-18-10-8-17(9-11-18)22-16-4-2-1-3-5-16/h6-13,16,22H,1-5,14H2,(H,23,24). The van der Waals surface area contributed by atoms with E-state index in [1.807, 2.05) is 12.1 Å². The SMILES string of the molecule is O=C(CS(=O)(=O)c1ccc(Cl)cc1)Nc1ccc(NC2CCCCC2)cc1. The smallest absolute Gasteiger partial charge is 0.239 e. The lowest BCUT2D eigenvalue weighted by Crippen LogP contribution is -2.23. The van der Waals surface area contributed by atoms with Gasteiger partial charge in [0.2, 0.25) is 5.91 Å². The van der Waals surface area contributed by atoms with Crippen molar-refractivity contribution in [3.05, 3.63) is 53.6 Å². The zero-order valence-electron chi connectivity index (χ0n) is 14.9. The Kier molecular flexibility index (Phi) is 6.39. The Hall–Kier alpha value is -2.05. The van der Waals surface area contributed by atoms with Crippen molar-refractivity contribution in [3.63, 3.8) is 0 Å². The Morgan fingerprint density at radius 3 is 2.15 bits per heavy atom. The van der Waals surface area contributed by atoms with Gasteiger partial charge in [0.1, 0.15) is 5.75 Å². The summed E-state index contributed by atoms with van der Waals surface area (Å²) in [5.74, 6) is -1.19. The van der Waals surface area contributed by atoms with Crippen LogP contribution in [0.25, 0.3) is 0 Å². The second kappa shape index (κ2) is 8.76. The van der Waals surface area contributed by atoms with Crippen molar-refractivity contribution in [3.8, 4) is 0 Å². The Balaban J connectivity index is 1.56. The van der Waals surface area contributed by atoms with Gasteiger partial charge >= 0.3 is 0 Å². The molecule has 0 atom stereocenters. The highest BCUT2D eigenvalue weighted by Crippen LogP contribution is 2.23. The summed E-state index contributed by atoms with van der Waals surface area (Å²) >= 11 is 5.77. The predicted molar refractivity (Wildman–Crippen MR) is 109 cm³/mol. The monoisotopic (exact) mass is 406 g/mol. The van der Waals surface area contributed by atoms with E-state index in [0.717, 1.165) is 5.69 Å². The number of carbonyl (C=O) groups excluding carboxylic acids is 1. The molecule has 0 saturated heterocycles. The molecule has 7 heteroatoms. The predicted octanol–water partition coefficient (Wildman–Crippen LogP) is 4.50. The quantitative estimate of drug-likeness (QED) is 0.740. The molecule has 27 heavy (non-hydrogen) atoms. The normalized spacial score (nSPS) is 15.3. The van der Waals surface area contributed by atoms with Crippen molar-refractivity contribution >= 4 is 38.7 Å². The number of hydrogen-bond donors (Lipinski definition) is 2. The maximum Gasteiger partial charge on any atom is 0.239 e. The number of anilines is 2. The number of halogens is 1. The van der Waals surface area contributed by atoms with Crippen LogP contribution in [0.15, 0.2) is 53.4 Å². The fourth-order valence-electron chi connectivity index (χ4n) is 3.23. The lowest BCUT2D eigenvalue weighted by Gasteiger charge is -2.23. The molecule has 0 aliphatic heterocycles. The third-order valence-electron chi connectivity index (χ3n) is 4.64. The van der Waals surface area contributed by atoms with Crippen molar-refractivity contribution in [2.24, 2.45) is 0 Å². The van der Waals surface area contributed by atoms with Gasteiger partial charge < -0.3 is 10.6 Å². The van der Waals surface area contributed by atoms with Crippen LogP contribution < -0.4 is 10.6 Å². The molecule has 1 aliphatic rings. The number of benzene rings is 2. The highest BCUT2D eigenvalue weighted by molar-refractivity contribution is 7.92. The molecule has 0 radical (unpaired) electrons. The van der Waals surface area contributed by atoms with Crippen LogP contribution in [-0.2, 0) is 14.6 Å². The fraction of sp³-hybridized carbons (Fsp3) is 0.350. The average Bonchev–Trinajstić information content (AvgIpc) is 2.64. The molecule has 1 amide bonds. The van der Waals surface area contributed by atoms with E-state index in [1.165, 1.54) is 56.4 Å². The zero-order valence-corrected chi connectivity index (χ0v) is 16.5. The summed E-state index contributed by atoms with van der Waals surface area (Å²) in [7, 11) is -3.71. The molecule has 2 N–H and O–H groups in total. The Morgan fingerprint density at radius 2 is 1.52 bits per heavy atom. The van der Waals surface area contributed by atoms with Gasteiger partial charge in [-0.1, -0.05) is 30.9 Å². The summed E-state index contributed by atoms with van der Waals surface area (Å²) in [5, 5.41) is 6.59. The summed E-state index contributed by atoms with van der Waals surface area (Å²) in [5.41, 5.74) is 1.58. The Bertz CT molecular complexity index is 874. The number of hydrogen-bond acceptors (Lipinski definition) is 4. The van der Waals surface area contributed by atoms with Crippen molar-refractivity contribution in [1.82, 2.24) is 0 Å². The minimum atomic E-state index is -3.71. The molecular weight excluding hydrogens is 384 g/mol. The molecule has 0 aromatic heterocycles. The molecular formula is C20H23ClN2O3S. The first-order valence-corrected chi connectivity index (χ1v) is 11.1. The second-order valence-corrected chi connectivity index (χ2v) is 9.24. The third-order valence-corrected chi connectivity index (χ3v) is 6.52. The first-order valence-electron chi connectivity index (χ1n) is 9.07. The molecule has 0 heterocycles. The lowest BCUT2D eigenvalue weighted by atomic mass is 9.95. The van der Waals surface area contributed by atoms with Gasteiger partial charge in [-0.3, -0.25) is 4.79 Å². The van der Waals surface area contributed by atoms with Crippen LogP contribution in [0.5, 0.6) is 0 Å². The van der Waals surface area contributed by atoms with E-state index in [9.17, 15) is 13.2 Å². The third kappa shape index (κ3) is 5.71. The first-order chi connectivity index (χ1) is 12.9. The largest absolute Gasteiger partial charge is 0.382 e. The van der Waals surface area contributed by atoms with E-state index in [0.29, 0.717) is 16.8 Å². The molecule has 144 valence electrons. The van der Waals surface area contributed by atoms with Gasteiger partial charge in [-0.25, -0.2) is 8.42 Å². The van der Waals surface area contributed by atoms with Crippen LogP contribution in [0, 0.1) is 0 Å². The molecule has 0 bridgehead atoms. The molecule has 2 aromatic rings. The van der Waals surface area contributed by atoms with Gasteiger partial charge in [0, 0.05) is 22.4 Å². The molecule has 2 aromatic carbocycles. The van der Waals surface area contributed by atoms with Crippen molar-refractivity contribution in [2.45, 2.75) is 43.0 Å². The van der Waals surface area contributed by atoms with Gasteiger partial charge in [0.05, 0.1) is 4.90 Å². The van der Waals surface area contributed by atoms with Gasteiger partial charge in [0.25, 0.3) is 0 Å².